The van der Waals surface area contributed by atoms with E-state index in [2.05, 4.69) is 4.98 Å². The maximum Gasteiger partial charge on any atom is 0.416 e. The summed E-state index contributed by atoms with van der Waals surface area (Å²) < 4.78 is 41.8. The Kier molecular flexibility index (Phi) is 5.67. The summed E-state index contributed by atoms with van der Waals surface area (Å²) >= 11 is 0. The lowest BCUT2D eigenvalue weighted by molar-refractivity contribution is -0.137. The molecule has 2 aromatic carbocycles. The van der Waals surface area contributed by atoms with Crippen molar-refractivity contribution in [3.63, 3.8) is 0 Å². The molecule has 2 heterocycles. The molecular formula is C25H17F3N4O2. The maximum atomic E-state index is 13.3. The van der Waals surface area contributed by atoms with Gasteiger partial charge in [-0.25, -0.2) is 4.79 Å². The monoisotopic (exact) mass is 462 g/mol. The van der Waals surface area contributed by atoms with Crippen LogP contribution in [0.25, 0.3) is 28.1 Å². The van der Waals surface area contributed by atoms with Gasteiger partial charge in [0.15, 0.2) is 0 Å². The van der Waals surface area contributed by atoms with Gasteiger partial charge in [0.25, 0.3) is 5.56 Å². The Morgan fingerprint density at radius 3 is 2.35 bits per heavy atom. The molecule has 0 aliphatic heterocycles. The van der Waals surface area contributed by atoms with Gasteiger partial charge in [0.1, 0.15) is 0 Å². The second-order valence-electron chi connectivity index (χ2n) is 7.58. The standard InChI is InChI=1S/C25H17F3N4O2/c1-15-21(20-7-4-12-30-22(20)17-10-8-16(14-29)9-11-17)23(33)31(2)24(34)32(15)19-6-3-5-18(13-19)25(26,27)28/h3-13H,1-2H3. The fourth-order valence-corrected chi connectivity index (χ4v) is 3.79. The van der Waals surface area contributed by atoms with Crippen LogP contribution in [0.1, 0.15) is 16.8 Å². The molecule has 9 heteroatoms. The molecule has 0 atom stereocenters. The van der Waals surface area contributed by atoms with E-state index in [1.807, 2.05) is 6.07 Å². The van der Waals surface area contributed by atoms with Crippen molar-refractivity contribution < 1.29 is 13.2 Å². The molecule has 0 amide bonds. The lowest BCUT2D eigenvalue weighted by Gasteiger charge is -2.18. The first-order chi connectivity index (χ1) is 16.1. The Hall–Kier alpha value is -4.45. The number of halogens is 3. The number of hydrogen-bond acceptors (Lipinski definition) is 4. The van der Waals surface area contributed by atoms with Gasteiger partial charge in [-0.2, -0.15) is 18.4 Å². The quantitative estimate of drug-likeness (QED) is 0.450. The van der Waals surface area contributed by atoms with Gasteiger partial charge >= 0.3 is 11.9 Å². The van der Waals surface area contributed by atoms with Gasteiger partial charge in [-0.05, 0) is 43.3 Å². The van der Waals surface area contributed by atoms with E-state index in [1.165, 1.54) is 26.1 Å². The van der Waals surface area contributed by atoms with Crippen molar-refractivity contribution in [2.45, 2.75) is 13.1 Å². The third-order valence-electron chi connectivity index (χ3n) is 5.49. The predicted octanol–water partition coefficient (Wildman–Crippen LogP) is 4.46. The van der Waals surface area contributed by atoms with Gasteiger partial charge in [-0.1, -0.05) is 24.3 Å². The SMILES string of the molecule is Cc1c(-c2cccnc2-c2ccc(C#N)cc2)c(=O)n(C)c(=O)n1-c1cccc(C(F)(F)F)c1. The van der Waals surface area contributed by atoms with Crippen LogP contribution in [-0.4, -0.2) is 14.1 Å². The van der Waals surface area contributed by atoms with Crippen molar-refractivity contribution in [1.82, 2.24) is 14.1 Å². The Balaban J connectivity index is 2.02. The zero-order valence-electron chi connectivity index (χ0n) is 18.1. The first kappa shape index (κ1) is 22.7. The van der Waals surface area contributed by atoms with E-state index in [0.717, 1.165) is 21.3 Å². The number of aromatic nitrogens is 3. The molecule has 0 aliphatic carbocycles. The zero-order chi connectivity index (χ0) is 24.6. The Bertz CT molecular complexity index is 1560. The van der Waals surface area contributed by atoms with Gasteiger partial charge in [-0.3, -0.25) is 18.9 Å². The topological polar surface area (TPSA) is 80.7 Å². The number of pyridine rings is 1. The molecule has 0 radical (unpaired) electrons. The van der Waals surface area contributed by atoms with Crippen molar-refractivity contribution in [2.24, 2.45) is 7.05 Å². The average molecular weight is 462 g/mol. The molecule has 0 fully saturated rings. The first-order valence-electron chi connectivity index (χ1n) is 10.1. The summed E-state index contributed by atoms with van der Waals surface area (Å²) in [5, 5.41) is 9.06. The molecule has 2 aromatic heterocycles. The summed E-state index contributed by atoms with van der Waals surface area (Å²) in [4.78, 5) is 30.6. The normalized spacial score (nSPS) is 11.3. The van der Waals surface area contributed by atoms with Crippen molar-refractivity contribution in [3.8, 4) is 34.1 Å². The molecule has 0 N–H and O–H groups in total. The Morgan fingerprint density at radius 2 is 1.71 bits per heavy atom. The van der Waals surface area contributed by atoms with Crippen molar-refractivity contribution in [2.75, 3.05) is 0 Å². The summed E-state index contributed by atoms with van der Waals surface area (Å²) in [6, 6.07) is 16.3. The van der Waals surface area contributed by atoms with Crippen LogP contribution in [0, 0.1) is 18.3 Å². The van der Waals surface area contributed by atoms with Crippen LogP contribution in [0.5, 0.6) is 0 Å². The van der Waals surface area contributed by atoms with Crippen molar-refractivity contribution in [1.29, 1.82) is 5.26 Å². The van der Waals surface area contributed by atoms with Crippen LogP contribution >= 0.6 is 0 Å². The van der Waals surface area contributed by atoms with E-state index in [1.54, 1.807) is 42.6 Å². The lowest BCUT2D eigenvalue weighted by atomic mass is 9.98. The molecule has 0 saturated heterocycles. The van der Waals surface area contributed by atoms with E-state index in [4.69, 9.17) is 5.26 Å². The van der Waals surface area contributed by atoms with Crippen LogP contribution in [0.3, 0.4) is 0 Å². The van der Waals surface area contributed by atoms with Crippen LogP contribution < -0.4 is 11.2 Å². The maximum absolute atomic E-state index is 13.3. The average Bonchev–Trinajstić information content (AvgIpc) is 2.83. The minimum Gasteiger partial charge on any atom is -0.268 e. The number of nitrogens with zero attached hydrogens (tertiary/aromatic N) is 4. The molecule has 170 valence electrons. The van der Waals surface area contributed by atoms with E-state index < -0.39 is 23.0 Å². The molecule has 4 aromatic rings. The highest BCUT2D eigenvalue weighted by molar-refractivity contribution is 5.81. The molecule has 0 aliphatic rings. The molecule has 0 spiro atoms. The number of rotatable bonds is 3. The van der Waals surface area contributed by atoms with E-state index in [0.29, 0.717) is 22.4 Å². The summed E-state index contributed by atoms with van der Waals surface area (Å²) in [5.74, 6) is 0. The van der Waals surface area contributed by atoms with E-state index in [-0.39, 0.29) is 16.9 Å². The highest BCUT2D eigenvalue weighted by Gasteiger charge is 2.31. The number of benzene rings is 2. The number of nitriles is 1. The molecule has 6 nitrogen and oxygen atoms in total. The van der Waals surface area contributed by atoms with Crippen molar-refractivity contribution >= 4 is 0 Å². The molecule has 34 heavy (non-hydrogen) atoms. The van der Waals surface area contributed by atoms with Crippen LogP contribution in [0.15, 0.2) is 76.4 Å². The minimum absolute atomic E-state index is 0.0158. The van der Waals surface area contributed by atoms with Gasteiger partial charge < -0.3 is 0 Å². The molecule has 0 saturated carbocycles. The summed E-state index contributed by atoms with van der Waals surface area (Å²) in [5.41, 5.74) is -0.0681. The fourth-order valence-electron chi connectivity index (χ4n) is 3.79. The highest BCUT2D eigenvalue weighted by atomic mass is 19.4. The van der Waals surface area contributed by atoms with E-state index >= 15 is 0 Å². The van der Waals surface area contributed by atoms with E-state index in [9.17, 15) is 22.8 Å². The third kappa shape index (κ3) is 3.90. The highest BCUT2D eigenvalue weighted by Crippen LogP contribution is 2.32. The first-order valence-corrected chi connectivity index (χ1v) is 10.1. The Labute approximate surface area is 191 Å². The molecule has 0 bridgehead atoms. The largest absolute Gasteiger partial charge is 0.416 e. The van der Waals surface area contributed by atoms with Gasteiger partial charge in [-0.15, -0.1) is 0 Å². The minimum atomic E-state index is -4.59. The summed E-state index contributed by atoms with van der Waals surface area (Å²) in [7, 11) is 1.27. The van der Waals surface area contributed by atoms with Gasteiger partial charge in [0.05, 0.1) is 34.1 Å². The third-order valence-corrected chi connectivity index (χ3v) is 5.49. The number of hydrogen-bond donors (Lipinski definition) is 0. The van der Waals surface area contributed by atoms with Crippen LogP contribution in [0.2, 0.25) is 0 Å². The molecule has 0 unspecified atom stereocenters. The van der Waals surface area contributed by atoms with Crippen LogP contribution in [-0.2, 0) is 13.2 Å². The zero-order valence-corrected chi connectivity index (χ0v) is 18.1. The summed E-state index contributed by atoms with van der Waals surface area (Å²) in [6.07, 6.45) is -3.05. The lowest BCUT2D eigenvalue weighted by Crippen LogP contribution is -2.39. The Morgan fingerprint density at radius 1 is 1.00 bits per heavy atom. The molecule has 4 rings (SSSR count). The van der Waals surface area contributed by atoms with Gasteiger partial charge in [0.2, 0.25) is 0 Å². The van der Waals surface area contributed by atoms with Crippen LogP contribution in [0.4, 0.5) is 13.2 Å². The smallest absolute Gasteiger partial charge is 0.268 e. The van der Waals surface area contributed by atoms with Gasteiger partial charge in [0, 0.05) is 30.1 Å². The summed E-state index contributed by atoms with van der Waals surface area (Å²) in [6.45, 7) is 1.51. The fraction of sp³-hybridized carbons (Fsp3) is 0.120. The molecular weight excluding hydrogens is 445 g/mol. The second kappa shape index (κ2) is 8.48. The van der Waals surface area contributed by atoms with Crippen molar-refractivity contribution in [3.05, 3.63) is 105 Å². The second-order valence-corrected chi connectivity index (χ2v) is 7.58. The predicted molar refractivity (Wildman–Crippen MR) is 120 cm³/mol. The number of alkyl halides is 3.